The average Bonchev–Trinajstić information content (AvgIpc) is 2.06. The zero-order chi connectivity index (χ0) is 8.10. The molecule has 0 spiro atoms. The minimum atomic E-state index is -0.388. The predicted octanol–water partition coefficient (Wildman–Crippen LogP) is 3.19. The van der Waals surface area contributed by atoms with E-state index in [0.717, 1.165) is 11.1 Å². The Kier molecular flexibility index (Phi) is 2.84. The Balaban J connectivity index is 3.02. The summed E-state index contributed by atoms with van der Waals surface area (Å²) < 4.78 is 12.3. The molecule has 0 saturated carbocycles. The molecule has 0 heterocycles. The van der Waals surface area contributed by atoms with Gasteiger partial charge in [-0.15, -0.1) is 0 Å². The second-order valence-corrected chi connectivity index (χ2v) is 2.33. The maximum Gasteiger partial charge on any atom is 0.115 e. The van der Waals surface area contributed by atoms with Crippen molar-refractivity contribution in [3.63, 3.8) is 0 Å². The van der Waals surface area contributed by atoms with Gasteiger partial charge in [0.1, 0.15) is 6.67 Å². The van der Waals surface area contributed by atoms with Crippen LogP contribution in [0.15, 0.2) is 30.3 Å². The number of benzene rings is 1. The molecular weight excluding hydrogens is 139 g/mol. The zero-order valence-corrected chi connectivity index (χ0v) is 6.55. The van der Waals surface area contributed by atoms with Gasteiger partial charge < -0.3 is 0 Å². The van der Waals surface area contributed by atoms with E-state index in [4.69, 9.17) is 0 Å². The van der Waals surface area contributed by atoms with Gasteiger partial charge in [0.2, 0.25) is 0 Å². The van der Waals surface area contributed by atoms with E-state index in [1.165, 1.54) is 0 Å². The van der Waals surface area contributed by atoms with Crippen LogP contribution in [0.2, 0.25) is 0 Å². The molecule has 0 aromatic heterocycles. The van der Waals surface area contributed by atoms with Crippen LogP contribution < -0.4 is 0 Å². The van der Waals surface area contributed by atoms with Crippen molar-refractivity contribution in [2.24, 2.45) is 0 Å². The Morgan fingerprint density at radius 2 is 2.09 bits per heavy atom. The van der Waals surface area contributed by atoms with Gasteiger partial charge in [0.15, 0.2) is 0 Å². The molecule has 0 N–H and O–H groups in total. The van der Waals surface area contributed by atoms with Crippen molar-refractivity contribution < 1.29 is 4.39 Å². The average molecular weight is 150 g/mol. The number of allylic oxidation sites excluding steroid dienone is 1. The van der Waals surface area contributed by atoms with Crippen LogP contribution >= 0.6 is 0 Å². The van der Waals surface area contributed by atoms with Crippen molar-refractivity contribution in [1.29, 1.82) is 0 Å². The summed E-state index contributed by atoms with van der Waals surface area (Å²) in [6, 6.07) is 7.47. The van der Waals surface area contributed by atoms with E-state index in [0.29, 0.717) is 0 Å². The van der Waals surface area contributed by atoms with Gasteiger partial charge >= 0.3 is 0 Å². The number of alkyl halides is 1. The molecule has 1 heteroatoms. The third-order valence-corrected chi connectivity index (χ3v) is 1.55. The van der Waals surface area contributed by atoms with Gasteiger partial charge in [0.05, 0.1) is 0 Å². The molecule has 0 aliphatic carbocycles. The van der Waals surface area contributed by atoms with E-state index in [-0.39, 0.29) is 6.67 Å². The summed E-state index contributed by atoms with van der Waals surface area (Å²) in [4.78, 5) is 0. The van der Waals surface area contributed by atoms with Gasteiger partial charge in [-0.25, -0.2) is 4.39 Å². The molecule has 1 rings (SSSR count). The Labute approximate surface area is 66.4 Å². The SMILES string of the molecule is C/C=C/c1ccccc1CF. The highest BCUT2D eigenvalue weighted by molar-refractivity contribution is 5.53. The molecule has 1 aromatic carbocycles. The van der Waals surface area contributed by atoms with Crippen LogP contribution in [0, 0.1) is 0 Å². The van der Waals surface area contributed by atoms with E-state index >= 15 is 0 Å². The van der Waals surface area contributed by atoms with Crippen molar-refractivity contribution in [3.8, 4) is 0 Å². The van der Waals surface area contributed by atoms with E-state index < -0.39 is 0 Å². The Morgan fingerprint density at radius 1 is 1.36 bits per heavy atom. The molecule has 0 atom stereocenters. The van der Waals surface area contributed by atoms with Crippen LogP contribution in [-0.2, 0) is 6.67 Å². The quantitative estimate of drug-likeness (QED) is 0.607. The first-order chi connectivity index (χ1) is 5.38. The lowest BCUT2D eigenvalue weighted by atomic mass is 10.1. The van der Waals surface area contributed by atoms with E-state index in [1.54, 1.807) is 6.07 Å². The standard InChI is InChI=1S/C10H11F/c1-2-5-9-6-3-4-7-10(9)8-11/h2-7H,8H2,1H3/b5-2+. The maximum absolute atomic E-state index is 12.3. The maximum atomic E-state index is 12.3. The van der Waals surface area contributed by atoms with Crippen LogP contribution in [-0.4, -0.2) is 0 Å². The molecule has 0 bridgehead atoms. The normalized spacial score (nSPS) is 10.7. The number of rotatable bonds is 2. The first kappa shape index (κ1) is 7.99. The van der Waals surface area contributed by atoms with Crippen LogP contribution in [0.4, 0.5) is 4.39 Å². The molecule has 0 nitrogen and oxygen atoms in total. The molecule has 0 fully saturated rings. The first-order valence-corrected chi connectivity index (χ1v) is 3.65. The molecule has 11 heavy (non-hydrogen) atoms. The number of hydrogen-bond donors (Lipinski definition) is 0. The van der Waals surface area contributed by atoms with Crippen LogP contribution in [0.3, 0.4) is 0 Å². The lowest BCUT2D eigenvalue weighted by Gasteiger charge is -1.98. The second kappa shape index (κ2) is 3.91. The monoisotopic (exact) mass is 150 g/mol. The molecule has 0 unspecified atom stereocenters. The van der Waals surface area contributed by atoms with Crippen LogP contribution in [0.1, 0.15) is 18.1 Å². The van der Waals surface area contributed by atoms with Gasteiger partial charge in [-0.2, -0.15) is 0 Å². The summed E-state index contributed by atoms with van der Waals surface area (Å²) in [6.45, 7) is 1.54. The fraction of sp³-hybridized carbons (Fsp3) is 0.200. The van der Waals surface area contributed by atoms with Crippen LogP contribution in [0.5, 0.6) is 0 Å². The largest absolute Gasteiger partial charge is 0.246 e. The smallest absolute Gasteiger partial charge is 0.115 e. The van der Waals surface area contributed by atoms with Crippen LogP contribution in [0.25, 0.3) is 6.08 Å². The fourth-order valence-electron chi connectivity index (χ4n) is 0.998. The van der Waals surface area contributed by atoms with Gasteiger partial charge in [-0.1, -0.05) is 36.4 Å². The second-order valence-electron chi connectivity index (χ2n) is 2.33. The summed E-state index contributed by atoms with van der Waals surface area (Å²) in [5.74, 6) is 0. The summed E-state index contributed by atoms with van der Waals surface area (Å²) in [5, 5.41) is 0. The molecule has 0 radical (unpaired) electrons. The Morgan fingerprint density at radius 3 is 2.73 bits per heavy atom. The Hall–Kier alpha value is -1.11. The van der Waals surface area contributed by atoms with Gasteiger partial charge in [0.25, 0.3) is 0 Å². The van der Waals surface area contributed by atoms with E-state index in [9.17, 15) is 4.39 Å². The van der Waals surface area contributed by atoms with E-state index in [1.807, 2.05) is 37.3 Å². The highest BCUT2D eigenvalue weighted by Crippen LogP contribution is 2.11. The molecule has 0 aliphatic heterocycles. The van der Waals surface area contributed by atoms with Crippen molar-refractivity contribution in [3.05, 3.63) is 41.5 Å². The molecule has 58 valence electrons. The van der Waals surface area contributed by atoms with Crippen molar-refractivity contribution in [2.75, 3.05) is 0 Å². The highest BCUT2D eigenvalue weighted by Gasteiger charge is 1.94. The minimum Gasteiger partial charge on any atom is -0.246 e. The molecule has 0 amide bonds. The predicted molar refractivity (Wildman–Crippen MR) is 46.0 cm³/mol. The molecule has 0 saturated heterocycles. The molecular formula is C10H11F. The lowest BCUT2D eigenvalue weighted by Crippen LogP contribution is -1.82. The third kappa shape index (κ3) is 1.90. The van der Waals surface area contributed by atoms with E-state index in [2.05, 4.69) is 0 Å². The number of halogens is 1. The number of hydrogen-bond acceptors (Lipinski definition) is 0. The summed E-state index contributed by atoms with van der Waals surface area (Å²) in [6.07, 6.45) is 3.82. The highest BCUT2D eigenvalue weighted by atomic mass is 19.1. The molecule has 0 aliphatic rings. The molecule has 1 aromatic rings. The van der Waals surface area contributed by atoms with Gasteiger partial charge in [-0.3, -0.25) is 0 Å². The van der Waals surface area contributed by atoms with Gasteiger partial charge in [0, 0.05) is 0 Å². The summed E-state index contributed by atoms with van der Waals surface area (Å²) >= 11 is 0. The van der Waals surface area contributed by atoms with Crippen molar-refractivity contribution in [2.45, 2.75) is 13.6 Å². The third-order valence-electron chi connectivity index (χ3n) is 1.55. The minimum absolute atomic E-state index is 0.388. The summed E-state index contributed by atoms with van der Waals surface area (Å²) in [7, 11) is 0. The fourth-order valence-corrected chi connectivity index (χ4v) is 0.998. The summed E-state index contributed by atoms with van der Waals surface area (Å²) in [5.41, 5.74) is 1.73. The zero-order valence-electron chi connectivity index (χ0n) is 6.55. The lowest BCUT2D eigenvalue weighted by molar-refractivity contribution is 0.485. The van der Waals surface area contributed by atoms with Crippen molar-refractivity contribution in [1.82, 2.24) is 0 Å². The Bertz CT molecular complexity index is 251. The van der Waals surface area contributed by atoms with Crippen molar-refractivity contribution >= 4 is 6.08 Å². The van der Waals surface area contributed by atoms with Gasteiger partial charge in [-0.05, 0) is 18.1 Å². The first-order valence-electron chi connectivity index (χ1n) is 3.65. The topological polar surface area (TPSA) is 0 Å².